The van der Waals surface area contributed by atoms with Gasteiger partial charge < -0.3 is 15.4 Å². The summed E-state index contributed by atoms with van der Waals surface area (Å²) in [6.45, 7) is 10.5. The molecule has 2 N–H and O–H groups in total. The molecule has 2 aromatic carbocycles. The molecule has 204 valence electrons. The Balaban J connectivity index is 1.22. The Kier molecular flexibility index (Phi) is 7.41. The van der Waals surface area contributed by atoms with Crippen LogP contribution in [-0.4, -0.2) is 46.1 Å². The molecule has 5 rings (SSSR count). The molecule has 2 aliphatic rings. The average Bonchev–Trinajstić information content (AvgIpc) is 3.39. The standard InChI is InChI=1S/C30H35ClN6O2/c1-29(2)27(30(3,4)28(29)39-24-10-7-21(17-32)25(31)16-24)34-26(38)20-5-8-23(9-6-20)37-18-22(35-36-37)15-19-11-13-33-14-12-19/h5-10,16,18-19,27-28,33H,11-15H2,1-4H3,(H,34,38)/t27-,28-. The number of halogens is 1. The van der Waals surface area contributed by atoms with Crippen molar-refractivity contribution in [1.82, 2.24) is 25.6 Å². The molecule has 1 aliphatic carbocycles. The number of nitrogens with zero attached hydrogens (tertiary/aromatic N) is 4. The number of nitrogens with one attached hydrogen (secondary N) is 2. The second-order valence-corrected chi connectivity index (χ2v) is 12.3. The number of rotatable bonds is 7. The van der Waals surface area contributed by atoms with Gasteiger partial charge in [0.2, 0.25) is 0 Å². The molecule has 0 unspecified atom stereocenters. The van der Waals surface area contributed by atoms with Crippen molar-refractivity contribution in [1.29, 1.82) is 5.26 Å². The number of carbonyl (C=O) groups excluding carboxylic acids is 1. The molecule has 0 atom stereocenters. The van der Waals surface area contributed by atoms with Crippen LogP contribution in [0, 0.1) is 28.1 Å². The van der Waals surface area contributed by atoms with Gasteiger partial charge in [-0.3, -0.25) is 4.79 Å². The van der Waals surface area contributed by atoms with Gasteiger partial charge in [-0.1, -0.05) is 44.5 Å². The molecule has 8 nitrogen and oxygen atoms in total. The van der Waals surface area contributed by atoms with Gasteiger partial charge in [0, 0.05) is 28.5 Å². The van der Waals surface area contributed by atoms with Crippen LogP contribution in [-0.2, 0) is 6.42 Å². The van der Waals surface area contributed by atoms with Crippen molar-refractivity contribution in [2.75, 3.05) is 13.1 Å². The van der Waals surface area contributed by atoms with E-state index in [9.17, 15) is 4.79 Å². The van der Waals surface area contributed by atoms with Crippen molar-refractivity contribution in [2.24, 2.45) is 16.7 Å². The van der Waals surface area contributed by atoms with Crippen LogP contribution < -0.4 is 15.4 Å². The summed E-state index contributed by atoms with van der Waals surface area (Å²) < 4.78 is 8.10. The zero-order chi connectivity index (χ0) is 27.8. The minimum Gasteiger partial charge on any atom is -0.489 e. The molecule has 0 radical (unpaired) electrons. The van der Waals surface area contributed by atoms with E-state index in [0.29, 0.717) is 27.8 Å². The highest BCUT2D eigenvalue weighted by atomic mass is 35.5. The van der Waals surface area contributed by atoms with Gasteiger partial charge in [0.1, 0.15) is 17.9 Å². The molecular weight excluding hydrogens is 512 g/mol. The Morgan fingerprint density at radius 3 is 2.49 bits per heavy atom. The zero-order valence-electron chi connectivity index (χ0n) is 22.9. The van der Waals surface area contributed by atoms with E-state index in [0.717, 1.165) is 30.9 Å². The third kappa shape index (κ3) is 5.39. The van der Waals surface area contributed by atoms with Crippen LogP contribution in [0.15, 0.2) is 48.7 Å². The highest BCUT2D eigenvalue weighted by Gasteiger charge is 2.64. The van der Waals surface area contributed by atoms with Gasteiger partial charge >= 0.3 is 0 Å². The lowest BCUT2D eigenvalue weighted by Crippen LogP contribution is -2.74. The number of hydrogen-bond donors (Lipinski definition) is 2. The SMILES string of the molecule is CC1(C)[C@H](NC(=O)c2ccc(-n3cc(CC4CCNCC4)nn3)cc2)C(C)(C)[C@H]1Oc1ccc(C#N)c(Cl)c1. The summed E-state index contributed by atoms with van der Waals surface area (Å²) in [7, 11) is 0. The number of ether oxygens (including phenoxy) is 1. The predicted molar refractivity (Wildman–Crippen MR) is 150 cm³/mol. The van der Waals surface area contributed by atoms with E-state index >= 15 is 0 Å². The molecule has 3 aromatic rings. The molecule has 9 heteroatoms. The molecule has 2 fully saturated rings. The van der Waals surface area contributed by atoms with Crippen molar-refractivity contribution < 1.29 is 9.53 Å². The molecule has 1 aliphatic heterocycles. The van der Waals surface area contributed by atoms with Gasteiger partial charge in [-0.05, 0) is 74.7 Å². The summed E-state index contributed by atoms with van der Waals surface area (Å²) >= 11 is 6.20. The minimum atomic E-state index is -0.328. The van der Waals surface area contributed by atoms with Crippen LogP contribution in [0.3, 0.4) is 0 Å². The first-order chi connectivity index (χ1) is 18.6. The number of carbonyl (C=O) groups is 1. The Morgan fingerprint density at radius 2 is 1.85 bits per heavy atom. The Labute approximate surface area is 234 Å². The summed E-state index contributed by atoms with van der Waals surface area (Å²) in [5, 5.41) is 24.8. The monoisotopic (exact) mass is 546 g/mol. The lowest BCUT2D eigenvalue weighted by atomic mass is 9.49. The van der Waals surface area contributed by atoms with E-state index in [-0.39, 0.29) is 28.9 Å². The quantitative estimate of drug-likeness (QED) is 0.434. The fourth-order valence-electron chi connectivity index (χ4n) is 6.48. The lowest BCUT2D eigenvalue weighted by Gasteiger charge is -2.63. The van der Waals surface area contributed by atoms with Crippen LogP contribution in [0.2, 0.25) is 5.02 Å². The Morgan fingerprint density at radius 1 is 1.15 bits per heavy atom. The summed E-state index contributed by atoms with van der Waals surface area (Å²) in [6, 6.07) is 14.5. The fourth-order valence-corrected chi connectivity index (χ4v) is 6.69. The normalized spacial score (nSPS) is 21.9. The van der Waals surface area contributed by atoms with Crippen LogP contribution >= 0.6 is 11.6 Å². The van der Waals surface area contributed by atoms with E-state index in [1.54, 1.807) is 22.9 Å². The molecule has 1 saturated heterocycles. The van der Waals surface area contributed by atoms with Gasteiger partial charge in [-0.25, -0.2) is 4.68 Å². The summed E-state index contributed by atoms with van der Waals surface area (Å²) in [4.78, 5) is 13.2. The van der Waals surface area contributed by atoms with Gasteiger partial charge in [0.05, 0.1) is 28.2 Å². The van der Waals surface area contributed by atoms with Crippen molar-refractivity contribution in [3.8, 4) is 17.5 Å². The first kappa shape index (κ1) is 27.2. The third-order valence-corrected chi connectivity index (χ3v) is 8.63. The van der Waals surface area contributed by atoms with Gasteiger partial charge in [0.15, 0.2) is 0 Å². The topological polar surface area (TPSA) is 105 Å². The van der Waals surface area contributed by atoms with Crippen molar-refractivity contribution in [2.45, 2.75) is 59.1 Å². The fraction of sp³-hybridized carbons (Fsp3) is 0.467. The number of aromatic nitrogens is 3. The van der Waals surface area contributed by atoms with E-state index in [1.165, 1.54) is 12.8 Å². The van der Waals surface area contributed by atoms with Gasteiger partial charge in [0.25, 0.3) is 5.91 Å². The average molecular weight is 547 g/mol. The highest BCUT2D eigenvalue weighted by Crippen LogP contribution is 2.55. The molecule has 1 aromatic heterocycles. The first-order valence-electron chi connectivity index (χ1n) is 13.5. The van der Waals surface area contributed by atoms with Crippen molar-refractivity contribution in [3.05, 3.63) is 70.5 Å². The number of nitriles is 1. The Bertz CT molecular complexity index is 1370. The third-order valence-electron chi connectivity index (χ3n) is 8.32. The molecule has 0 bridgehead atoms. The molecule has 1 amide bonds. The van der Waals surface area contributed by atoms with E-state index < -0.39 is 0 Å². The summed E-state index contributed by atoms with van der Waals surface area (Å²) in [6.07, 6.45) is 5.10. The maximum atomic E-state index is 13.2. The number of benzene rings is 2. The number of piperidine rings is 1. The maximum absolute atomic E-state index is 13.2. The second kappa shape index (κ2) is 10.6. The Hall–Kier alpha value is -3.41. The molecule has 1 saturated carbocycles. The zero-order valence-corrected chi connectivity index (χ0v) is 23.6. The molecule has 2 heterocycles. The lowest BCUT2D eigenvalue weighted by molar-refractivity contribution is -0.164. The highest BCUT2D eigenvalue weighted by molar-refractivity contribution is 6.31. The first-order valence-corrected chi connectivity index (χ1v) is 13.9. The van der Waals surface area contributed by atoms with E-state index in [1.807, 2.05) is 30.5 Å². The summed E-state index contributed by atoms with van der Waals surface area (Å²) in [5.41, 5.74) is 2.21. The van der Waals surface area contributed by atoms with Crippen LogP contribution in [0.4, 0.5) is 0 Å². The van der Waals surface area contributed by atoms with Crippen LogP contribution in [0.25, 0.3) is 5.69 Å². The smallest absolute Gasteiger partial charge is 0.251 e. The van der Waals surface area contributed by atoms with Crippen LogP contribution in [0.1, 0.15) is 62.2 Å². The molecular formula is C30H35ClN6O2. The molecule has 39 heavy (non-hydrogen) atoms. The largest absolute Gasteiger partial charge is 0.489 e. The number of hydrogen-bond acceptors (Lipinski definition) is 6. The van der Waals surface area contributed by atoms with E-state index in [4.69, 9.17) is 21.6 Å². The van der Waals surface area contributed by atoms with Gasteiger partial charge in [-0.15, -0.1) is 5.10 Å². The molecule has 0 spiro atoms. The van der Waals surface area contributed by atoms with Crippen molar-refractivity contribution in [3.63, 3.8) is 0 Å². The predicted octanol–water partition coefficient (Wildman–Crippen LogP) is 4.95. The second-order valence-electron chi connectivity index (χ2n) is 11.9. The van der Waals surface area contributed by atoms with Crippen molar-refractivity contribution >= 4 is 17.5 Å². The van der Waals surface area contributed by atoms with Gasteiger partial charge in [-0.2, -0.15) is 5.26 Å². The minimum absolute atomic E-state index is 0.108. The van der Waals surface area contributed by atoms with Crippen LogP contribution in [0.5, 0.6) is 5.75 Å². The van der Waals surface area contributed by atoms with E-state index in [2.05, 4.69) is 54.7 Å². The summed E-state index contributed by atoms with van der Waals surface area (Å²) in [5.74, 6) is 1.13. The number of amides is 1. The maximum Gasteiger partial charge on any atom is 0.251 e.